The maximum atomic E-state index is 12.9. The highest BCUT2D eigenvalue weighted by Gasteiger charge is 2.47. The quantitative estimate of drug-likeness (QED) is 0.449. The number of amides is 1. The molecule has 0 fully saturated rings. The summed E-state index contributed by atoms with van der Waals surface area (Å²) in [5.74, 6) is -1.33. The Hall–Kier alpha value is -2.05. The van der Waals surface area contributed by atoms with Gasteiger partial charge in [0.15, 0.2) is 9.53 Å². The molecule has 0 bridgehead atoms. The van der Waals surface area contributed by atoms with Crippen molar-refractivity contribution < 1.29 is 19.1 Å². The smallest absolute Gasteiger partial charge is 0.296 e. The third-order valence-corrected chi connectivity index (χ3v) is 5.75. The number of aromatic nitrogens is 2. The third kappa shape index (κ3) is 2.69. The summed E-state index contributed by atoms with van der Waals surface area (Å²) < 4.78 is 6.25. The second-order valence-corrected chi connectivity index (χ2v) is 7.83. The van der Waals surface area contributed by atoms with Gasteiger partial charge in [-0.1, -0.05) is 17.4 Å². The van der Waals surface area contributed by atoms with Crippen LogP contribution in [-0.2, 0) is 4.79 Å². The minimum Gasteiger partial charge on any atom is -0.503 e. The number of aliphatic hydroxyl groups excluding tert-OH is 1. The van der Waals surface area contributed by atoms with Gasteiger partial charge in [0.2, 0.25) is 10.9 Å². The van der Waals surface area contributed by atoms with Crippen molar-refractivity contribution in [1.29, 1.82) is 0 Å². The zero-order chi connectivity index (χ0) is 17.6. The summed E-state index contributed by atoms with van der Waals surface area (Å²) in [5, 5.41) is 20.1. The Morgan fingerprint density at radius 2 is 2.16 bits per heavy atom. The number of furan rings is 1. The second kappa shape index (κ2) is 6.35. The van der Waals surface area contributed by atoms with Gasteiger partial charge in [-0.05, 0) is 46.2 Å². The third-order valence-electron chi connectivity index (χ3n) is 3.62. The number of anilines is 1. The fourth-order valence-corrected chi connectivity index (χ4v) is 4.29. The zero-order valence-corrected chi connectivity index (χ0v) is 16.0. The van der Waals surface area contributed by atoms with Gasteiger partial charge in [0, 0.05) is 0 Å². The molecule has 4 rings (SSSR count). The van der Waals surface area contributed by atoms with Crippen LogP contribution in [0.25, 0.3) is 0 Å². The Kier molecular flexibility index (Phi) is 4.17. The number of ketones is 1. The Balaban J connectivity index is 1.87. The lowest BCUT2D eigenvalue weighted by Crippen LogP contribution is -2.30. The summed E-state index contributed by atoms with van der Waals surface area (Å²) >= 11 is 4.37. The molecule has 0 saturated carbocycles. The predicted octanol–water partition coefficient (Wildman–Crippen LogP) is 3.58. The van der Waals surface area contributed by atoms with Crippen LogP contribution in [0, 0.1) is 3.77 Å². The van der Waals surface area contributed by atoms with Gasteiger partial charge >= 0.3 is 0 Å². The summed E-state index contributed by atoms with van der Waals surface area (Å²) in [6, 6.07) is 5.89. The molecule has 0 saturated heterocycles. The highest BCUT2D eigenvalue weighted by molar-refractivity contribution is 14.1. The lowest BCUT2D eigenvalue weighted by molar-refractivity contribution is -0.117. The van der Waals surface area contributed by atoms with E-state index in [0.717, 1.165) is 11.3 Å². The van der Waals surface area contributed by atoms with Gasteiger partial charge in [0.1, 0.15) is 17.3 Å². The van der Waals surface area contributed by atoms with E-state index >= 15 is 0 Å². The average Bonchev–Trinajstić information content (AvgIpc) is 3.36. The molecule has 1 aliphatic heterocycles. The molecule has 1 amide bonds. The molecule has 1 aliphatic rings. The lowest BCUT2D eigenvalue weighted by atomic mass is 10.0. The monoisotopic (exact) mass is 485 g/mol. The molecule has 10 heteroatoms. The van der Waals surface area contributed by atoms with Gasteiger partial charge in [0.25, 0.3) is 5.91 Å². The summed E-state index contributed by atoms with van der Waals surface area (Å²) in [5.41, 5.74) is 1.45. The minimum absolute atomic E-state index is 0.0200. The summed E-state index contributed by atoms with van der Waals surface area (Å²) in [4.78, 5) is 27.2. The van der Waals surface area contributed by atoms with Crippen LogP contribution in [-0.4, -0.2) is 27.0 Å². The van der Waals surface area contributed by atoms with Crippen LogP contribution >= 0.6 is 45.3 Å². The highest BCUT2D eigenvalue weighted by atomic mass is 127. The molecule has 1 N–H and O–H groups in total. The normalized spacial score (nSPS) is 17.6. The van der Waals surface area contributed by atoms with E-state index in [1.807, 2.05) is 22.6 Å². The van der Waals surface area contributed by atoms with Gasteiger partial charge in [-0.3, -0.25) is 14.5 Å². The maximum absolute atomic E-state index is 12.9. The van der Waals surface area contributed by atoms with Crippen LogP contribution < -0.4 is 4.90 Å². The van der Waals surface area contributed by atoms with Gasteiger partial charge < -0.3 is 9.52 Å². The molecule has 3 aromatic heterocycles. The van der Waals surface area contributed by atoms with Crippen molar-refractivity contribution in [2.75, 3.05) is 4.90 Å². The standard InChI is InChI=1S/C15H8IN3O4S2/c16-9-4-3-7(23-9)11-10(12(20)8-2-1-5-24-8)13(21)14(22)19(11)15-18-17-6-25-15/h1-6,11,21H. The molecule has 126 valence electrons. The number of Topliss-reactive ketones (excluding diaryl/α,β-unsaturated/α-hetero) is 1. The Morgan fingerprint density at radius 3 is 2.76 bits per heavy atom. The van der Waals surface area contributed by atoms with E-state index in [0.29, 0.717) is 14.4 Å². The maximum Gasteiger partial charge on any atom is 0.296 e. The van der Waals surface area contributed by atoms with Gasteiger partial charge in [-0.15, -0.1) is 21.5 Å². The fourth-order valence-electron chi connectivity index (χ4n) is 2.59. The van der Waals surface area contributed by atoms with Crippen LogP contribution in [0.3, 0.4) is 0 Å². The van der Waals surface area contributed by atoms with Crippen LogP contribution in [0.4, 0.5) is 5.13 Å². The second-order valence-electron chi connectivity index (χ2n) is 5.01. The number of carbonyl (C=O) groups is 2. The van der Waals surface area contributed by atoms with Crippen LogP contribution in [0.15, 0.2) is 50.9 Å². The lowest BCUT2D eigenvalue weighted by Gasteiger charge is -2.21. The Labute approximate surface area is 162 Å². The number of thiophene rings is 1. The van der Waals surface area contributed by atoms with Crippen molar-refractivity contribution in [1.82, 2.24) is 10.2 Å². The Morgan fingerprint density at radius 1 is 1.32 bits per heavy atom. The molecule has 1 unspecified atom stereocenters. The molecule has 3 aromatic rings. The van der Waals surface area contributed by atoms with Crippen LogP contribution in [0.2, 0.25) is 0 Å². The number of rotatable bonds is 4. The first-order valence-electron chi connectivity index (χ1n) is 6.94. The summed E-state index contributed by atoms with van der Waals surface area (Å²) in [6.45, 7) is 0. The van der Waals surface area contributed by atoms with E-state index in [2.05, 4.69) is 10.2 Å². The van der Waals surface area contributed by atoms with Crippen molar-refractivity contribution >= 4 is 62.1 Å². The van der Waals surface area contributed by atoms with Gasteiger partial charge in [-0.2, -0.15) is 0 Å². The molecule has 1 atom stereocenters. The largest absolute Gasteiger partial charge is 0.503 e. The SMILES string of the molecule is O=C(C1=C(O)C(=O)N(c2nncs2)C1c1ccc(I)o1)c1cccs1. The first kappa shape index (κ1) is 16.4. The number of carbonyl (C=O) groups excluding carboxylic acids is 2. The Bertz CT molecular complexity index is 979. The van der Waals surface area contributed by atoms with Crippen molar-refractivity contribution in [3.63, 3.8) is 0 Å². The molecule has 7 nitrogen and oxygen atoms in total. The fraction of sp³-hybridized carbons (Fsp3) is 0.0667. The van der Waals surface area contributed by atoms with E-state index in [1.165, 1.54) is 21.7 Å². The van der Waals surface area contributed by atoms with Crippen LogP contribution in [0.5, 0.6) is 0 Å². The molecule has 0 aromatic carbocycles. The van der Waals surface area contributed by atoms with Crippen molar-refractivity contribution in [2.45, 2.75) is 6.04 Å². The average molecular weight is 485 g/mol. The summed E-state index contributed by atoms with van der Waals surface area (Å²) in [7, 11) is 0. The number of halogens is 1. The minimum atomic E-state index is -0.890. The first-order chi connectivity index (χ1) is 12.1. The molecule has 4 heterocycles. The number of hydrogen-bond acceptors (Lipinski definition) is 8. The van der Waals surface area contributed by atoms with E-state index in [9.17, 15) is 14.7 Å². The molecular weight excluding hydrogens is 477 g/mol. The van der Waals surface area contributed by atoms with Gasteiger partial charge in [0.05, 0.1) is 10.5 Å². The molecule has 0 aliphatic carbocycles. The van der Waals surface area contributed by atoms with E-state index in [-0.39, 0.29) is 10.7 Å². The molecule has 0 radical (unpaired) electrons. The number of hydrogen-bond donors (Lipinski definition) is 1. The molecule has 0 spiro atoms. The highest BCUT2D eigenvalue weighted by Crippen LogP contribution is 2.43. The number of aliphatic hydroxyl groups is 1. The predicted molar refractivity (Wildman–Crippen MR) is 99.9 cm³/mol. The van der Waals surface area contributed by atoms with Crippen molar-refractivity contribution in [3.8, 4) is 0 Å². The van der Waals surface area contributed by atoms with Crippen molar-refractivity contribution in [2.24, 2.45) is 0 Å². The first-order valence-corrected chi connectivity index (χ1v) is 9.78. The van der Waals surface area contributed by atoms with E-state index in [1.54, 1.807) is 29.6 Å². The van der Waals surface area contributed by atoms with E-state index < -0.39 is 23.5 Å². The van der Waals surface area contributed by atoms with Crippen LogP contribution in [0.1, 0.15) is 21.5 Å². The van der Waals surface area contributed by atoms with Gasteiger partial charge in [-0.25, -0.2) is 0 Å². The topological polar surface area (TPSA) is 96.5 Å². The molecular formula is C15H8IN3O4S2. The molecule has 25 heavy (non-hydrogen) atoms. The van der Waals surface area contributed by atoms with E-state index in [4.69, 9.17) is 4.42 Å². The number of nitrogens with zero attached hydrogens (tertiary/aromatic N) is 3. The van der Waals surface area contributed by atoms with Crippen molar-refractivity contribution in [3.05, 3.63) is 60.9 Å². The zero-order valence-electron chi connectivity index (χ0n) is 12.2. The summed E-state index contributed by atoms with van der Waals surface area (Å²) in [6.07, 6.45) is 0.